The van der Waals surface area contributed by atoms with Crippen LogP contribution in [-0.2, 0) is 11.4 Å². The summed E-state index contributed by atoms with van der Waals surface area (Å²) in [5, 5.41) is 19.6. The summed E-state index contributed by atoms with van der Waals surface area (Å²) < 4.78 is 5.82. The lowest BCUT2D eigenvalue weighted by atomic mass is 9.86. The predicted molar refractivity (Wildman–Crippen MR) is 117 cm³/mol. The summed E-state index contributed by atoms with van der Waals surface area (Å²) in [6.45, 7) is 0.399. The molecule has 0 radical (unpaired) electrons. The molecule has 0 spiro atoms. The minimum atomic E-state index is -0.640. The summed E-state index contributed by atoms with van der Waals surface area (Å²) in [5.41, 5.74) is 9.16. The van der Waals surface area contributed by atoms with Crippen LogP contribution >= 0.6 is 0 Å². The first-order valence-electron chi connectivity index (χ1n) is 9.63. The maximum absolute atomic E-state index is 12.2. The molecule has 1 fully saturated rings. The average Bonchev–Trinajstić information content (AvgIpc) is 3.07. The van der Waals surface area contributed by atoms with E-state index in [1.807, 2.05) is 78.9 Å². The Morgan fingerprint density at radius 3 is 2.43 bits per heavy atom. The number of nitrogens with one attached hydrogen (secondary N) is 3. The van der Waals surface area contributed by atoms with Gasteiger partial charge in [0, 0.05) is 5.69 Å². The summed E-state index contributed by atoms with van der Waals surface area (Å²) in [5.74, 6) is -0.387. The van der Waals surface area contributed by atoms with Gasteiger partial charge in [-0.05, 0) is 41.0 Å². The maximum atomic E-state index is 12.2. The molecule has 1 aliphatic heterocycles. The molecule has 3 aromatic rings. The molecule has 1 saturated heterocycles. The number of amides is 1. The summed E-state index contributed by atoms with van der Waals surface area (Å²) >= 11 is 0. The molecule has 4 rings (SSSR count). The molecule has 0 aromatic heterocycles. The number of rotatable bonds is 6. The van der Waals surface area contributed by atoms with Crippen LogP contribution in [-0.4, -0.2) is 17.3 Å². The molecule has 0 aliphatic carbocycles. The van der Waals surface area contributed by atoms with Crippen molar-refractivity contribution in [2.45, 2.75) is 12.6 Å². The van der Waals surface area contributed by atoms with Crippen LogP contribution in [0.15, 0.2) is 78.9 Å². The fourth-order valence-electron chi connectivity index (χ4n) is 3.62. The second-order valence-corrected chi connectivity index (χ2v) is 7.22. The number of anilines is 1. The number of ether oxygens (including phenoxy) is 1. The number of benzene rings is 3. The summed E-state index contributed by atoms with van der Waals surface area (Å²) in [4.78, 5) is 12.2. The van der Waals surface area contributed by atoms with Crippen LogP contribution < -0.4 is 15.8 Å². The van der Waals surface area contributed by atoms with Crippen molar-refractivity contribution >= 4 is 23.0 Å². The summed E-state index contributed by atoms with van der Waals surface area (Å²) in [7, 11) is 0. The zero-order valence-electron chi connectivity index (χ0n) is 16.3. The van der Waals surface area contributed by atoms with Gasteiger partial charge in [-0.3, -0.25) is 10.2 Å². The molecule has 1 aliphatic rings. The van der Waals surface area contributed by atoms with Crippen molar-refractivity contribution in [3.8, 4) is 5.75 Å². The van der Waals surface area contributed by atoms with Crippen LogP contribution in [0.5, 0.6) is 5.75 Å². The lowest BCUT2D eigenvalue weighted by Crippen LogP contribution is -2.26. The minimum absolute atomic E-state index is 0.0872. The normalized spacial score (nSPS) is 18.1. The molecule has 6 nitrogen and oxygen atoms in total. The molecule has 0 bridgehead atoms. The molecule has 2 atom stereocenters. The zero-order valence-corrected chi connectivity index (χ0v) is 16.3. The van der Waals surface area contributed by atoms with E-state index in [1.165, 1.54) is 0 Å². The first kappa shape index (κ1) is 19.4. The van der Waals surface area contributed by atoms with Gasteiger partial charge in [0.15, 0.2) is 0 Å². The highest BCUT2D eigenvalue weighted by Gasteiger charge is 2.41. The van der Waals surface area contributed by atoms with Crippen LogP contribution in [0.1, 0.15) is 22.7 Å². The Balaban J connectivity index is 1.51. The van der Waals surface area contributed by atoms with Crippen LogP contribution in [0.2, 0.25) is 0 Å². The van der Waals surface area contributed by atoms with E-state index in [2.05, 4.69) is 5.32 Å². The average molecular weight is 398 g/mol. The van der Waals surface area contributed by atoms with E-state index in [-0.39, 0.29) is 11.4 Å². The van der Waals surface area contributed by atoms with Gasteiger partial charge in [0.2, 0.25) is 0 Å². The van der Waals surface area contributed by atoms with E-state index in [9.17, 15) is 4.79 Å². The molecule has 1 heterocycles. The van der Waals surface area contributed by atoms with Gasteiger partial charge >= 0.3 is 0 Å². The molecular formula is C24H22N4O2. The lowest BCUT2D eigenvalue weighted by molar-refractivity contribution is -0.114. The van der Waals surface area contributed by atoms with E-state index in [4.69, 9.17) is 21.3 Å². The molecule has 5 N–H and O–H groups in total. The van der Waals surface area contributed by atoms with E-state index < -0.39 is 17.9 Å². The fraction of sp³-hybridized carbons (Fsp3) is 0.125. The molecular weight excluding hydrogens is 376 g/mol. The highest BCUT2D eigenvalue weighted by Crippen LogP contribution is 2.32. The molecule has 3 aromatic carbocycles. The summed E-state index contributed by atoms with van der Waals surface area (Å²) in [6.07, 6.45) is 0. The topological polar surface area (TPSA) is 112 Å². The molecule has 6 heteroatoms. The SMILES string of the molecule is N=C1C(=O)NC(c2ccc(OCc3cccc(N)c3)cc2)C1C(=N)c1ccccc1. The third-order valence-corrected chi connectivity index (χ3v) is 5.17. The molecule has 150 valence electrons. The van der Waals surface area contributed by atoms with Crippen LogP contribution in [0, 0.1) is 16.7 Å². The van der Waals surface area contributed by atoms with Gasteiger partial charge < -0.3 is 21.2 Å². The summed E-state index contributed by atoms with van der Waals surface area (Å²) in [6, 6.07) is 23.7. The Morgan fingerprint density at radius 2 is 1.73 bits per heavy atom. The van der Waals surface area contributed by atoms with E-state index in [0.29, 0.717) is 23.6 Å². The van der Waals surface area contributed by atoms with Crippen LogP contribution in [0.3, 0.4) is 0 Å². The predicted octanol–water partition coefficient (Wildman–Crippen LogP) is 3.72. The largest absolute Gasteiger partial charge is 0.489 e. The van der Waals surface area contributed by atoms with Gasteiger partial charge in [-0.15, -0.1) is 0 Å². The van der Waals surface area contributed by atoms with Crippen molar-refractivity contribution < 1.29 is 9.53 Å². The first-order valence-corrected chi connectivity index (χ1v) is 9.63. The standard InChI is InChI=1S/C24H22N4O2/c25-18-8-4-5-15(13-18)14-30-19-11-9-17(10-12-19)23-20(22(27)24(29)28-23)21(26)16-6-2-1-3-7-16/h1-13,20,23,26-27H,14,25H2,(H,28,29). The van der Waals surface area contributed by atoms with Gasteiger partial charge in [-0.25, -0.2) is 0 Å². The van der Waals surface area contributed by atoms with E-state index in [0.717, 1.165) is 11.1 Å². The van der Waals surface area contributed by atoms with Gasteiger partial charge in [0.25, 0.3) is 5.91 Å². The quantitative estimate of drug-likeness (QED) is 0.375. The van der Waals surface area contributed by atoms with Crippen LogP contribution in [0.4, 0.5) is 5.69 Å². The smallest absolute Gasteiger partial charge is 0.266 e. The fourth-order valence-corrected chi connectivity index (χ4v) is 3.62. The number of nitrogen functional groups attached to an aromatic ring is 1. The number of carbonyl (C=O) groups excluding carboxylic acids is 1. The van der Waals surface area contributed by atoms with Gasteiger partial charge in [-0.2, -0.15) is 0 Å². The molecule has 1 amide bonds. The van der Waals surface area contributed by atoms with Crippen LogP contribution in [0.25, 0.3) is 0 Å². The van der Waals surface area contributed by atoms with Crippen molar-refractivity contribution in [1.82, 2.24) is 5.32 Å². The molecule has 30 heavy (non-hydrogen) atoms. The van der Waals surface area contributed by atoms with E-state index >= 15 is 0 Å². The van der Waals surface area contributed by atoms with Crippen molar-refractivity contribution in [2.75, 3.05) is 5.73 Å². The Morgan fingerprint density at radius 1 is 1.00 bits per heavy atom. The van der Waals surface area contributed by atoms with Crippen molar-refractivity contribution in [1.29, 1.82) is 10.8 Å². The Labute approximate surface area is 174 Å². The van der Waals surface area contributed by atoms with E-state index in [1.54, 1.807) is 0 Å². The number of carbonyl (C=O) groups is 1. The third-order valence-electron chi connectivity index (χ3n) is 5.17. The number of hydrogen-bond donors (Lipinski definition) is 4. The Hall–Kier alpha value is -3.93. The third kappa shape index (κ3) is 3.93. The minimum Gasteiger partial charge on any atom is -0.489 e. The number of hydrogen-bond acceptors (Lipinski definition) is 5. The lowest BCUT2D eigenvalue weighted by Gasteiger charge is -2.20. The molecule has 2 unspecified atom stereocenters. The van der Waals surface area contributed by atoms with Crippen molar-refractivity contribution in [3.05, 3.63) is 95.6 Å². The van der Waals surface area contributed by atoms with Crippen molar-refractivity contribution in [3.63, 3.8) is 0 Å². The maximum Gasteiger partial charge on any atom is 0.266 e. The second-order valence-electron chi connectivity index (χ2n) is 7.22. The highest BCUT2D eigenvalue weighted by atomic mass is 16.5. The van der Waals surface area contributed by atoms with Gasteiger partial charge in [0.05, 0.1) is 17.7 Å². The van der Waals surface area contributed by atoms with Crippen molar-refractivity contribution in [2.24, 2.45) is 5.92 Å². The number of nitrogens with two attached hydrogens (primary N) is 1. The second kappa shape index (κ2) is 8.21. The van der Waals surface area contributed by atoms with Gasteiger partial charge in [-0.1, -0.05) is 54.6 Å². The highest BCUT2D eigenvalue weighted by molar-refractivity contribution is 6.45. The Bertz CT molecular complexity index is 1090. The van der Waals surface area contributed by atoms with Gasteiger partial charge in [0.1, 0.15) is 18.1 Å². The Kier molecular flexibility index (Phi) is 5.30. The zero-order chi connectivity index (χ0) is 21.1. The molecule has 0 saturated carbocycles. The first-order chi connectivity index (χ1) is 14.5. The monoisotopic (exact) mass is 398 g/mol.